The van der Waals surface area contributed by atoms with Crippen LogP contribution in [0.1, 0.15) is 44.0 Å². The summed E-state index contributed by atoms with van der Waals surface area (Å²) in [6.07, 6.45) is 1.38. The van der Waals surface area contributed by atoms with Crippen molar-refractivity contribution in [1.29, 1.82) is 0 Å². The number of amides is 1. The van der Waals surface area contributed by atoms with Crippen molar-refractivity contribution in [2.75, 3.05) is 18.1 Å². The molecule has 0 radical (unpaired) electrons. The molecular formula is C22H22N2O6S. The van der Waals surface area contributed by atoms with E-state index in [0.717, 1.165) is 16.9 Å². The molecule has 3 aromatic rings. The Kier molecular flexibility index (Phi) is 7.19. The molecule has 0 saturated carbocycles. The zero-order valence-electron chi connectivity index (χ0n) is 17.4. The number of benzene rings is 1. The Hall–Kier alpha value is -3.46. The summed E-state index contributed by atoms with van der Waals surface area (Å²) in [6.45, 7) is 4.99. The summed E-state index contributed by atoms with van der Waals surface area (Å²) in [4.78, 5) is 43.5. The van der Waals surface area contributed by atoms with Gasteiger partial charge in [-0.1, -0.05) is 41.7 Å². The molecule has 2 aromatic heterocycles. The van der Waals surface area contributed by atoms with E-state index in [1.807, 2.05) is 30.3 Å². The lowest BCUT2D eigenvalue weighted by Crippen LogP contribution is -2.34. The molecule has 0 saturated heterocycles. The molecule has 0 aliphatic carbocycles. The smallest absolute Gasteiger partial charge is 0.350 e. The van der Waals surface area contributed by atoms with Crippen molar-refractivity contribution in [1.82, 2.24) is 4.98 Å². The highest BCUT2D eigenvalue weighted by atomic mass is 32.1. The number of rotatable bonds is 8. The number of esters is 2. The van der Waals surface area contributed by atoms with Crippen LogP contribution >= 0.6 is 11.3 Å². The van der Waals surface area contributed by atoms with E-state index in [2.05, 4.69) is 4.98 Å². The van der Waals surface area contributed by atoms with Gasteiger partial charge in [-0.2, -0.15) is 0 Å². The van der Waals surface area contributed by atoms with Crippen LogP contribution in [0, 0.1) is 13.8 Å². The second-order valence-electron chi connectivity index (χ2n) is 6.56. The number of aromatic nitrogens is 1. The van der Waals surface area contributed by atoms with Crippen molar-refractivity contribution in [3.05, 3.63) is 70.1 Å². The number of thiazole rings is 1. The van der Waals surface area contributed by atoms with Gasteiger partial charge < -0.3 is 13.9 Å². The summed E-state index contributed by atoms with van der Waals surface area (Å²) >= 11 is 1.06. The van der Waals surface area contributed by atoms with Crippen LogP contribution in [0.25, 0.3) is 0 Å². The molecule has 2 heterocycles. The molecule has 162 valence electrons. The molecule has 0 spiro atoms. The van der Waals surface area contributed by atoms with Gasteiger partial charge in [-0.25, -0.2) is 14.6 Å². The summed E-state index contributed by atoms with van der Waals surface area (Å²) < 4.78 is 15.3. The average Bonchev–Trinajstić information content (AvgIpc) is 3.36. The molecule has 0 N–H and O–H groups in total. The van der Waals surface area contributed by atoms with Gasteiger partial charge in [0, 0.05) is 0 Å². The monoisotopic (exact) mass is 442 g/mol. The lowest BCUT2D eigenvalue weighted by molar-refractivity contribution is -0.121. The fourth-order valence-corrected chi connectivity index (χ4v) is 3.77. The van der Waals surface area contributed by atoms with E-state index in [1.54, 1.807) is 20.8 Å². The van der Waals surface area contributed by atoms with Crippen LogP contribution in [0.4, 0.5) is 5.13 Å². The molecule has 0 atom stereocenters. The Morgan fingerprint density at radius 3 is 2.45 bits per heavy atom. The number of carbonyl (C=O) groups excluding carboxylic acids is 3. The van der Waals surface area contributed by atoms with E-state index >= 15 is 0 Å². The maximum atomic E-state index is 13.0. The van der Waals surface area contributed by atoms with Crippen molar-refractivity contribution in [2.24, 2.45) is 0 Å². The van der Waals surface area contributed by atoms with Crippen molar-refractivity contribution < 1.29 is 28.3 Å². The summed E-state index contributed by atoms with van der Waals surface area (Å²) in [5.74, 6) is -1.20. The van der Waals surface area contributed by atoms with Crippen molar-refractivity contribution in [3.63, 3.8) is 0 Å². The second-order valence-corrected chi connectivity index (χ2v) is 7.54. The maximum Gasteiger partial charge on any atom is 0.350 e. The summed E-state index contributed by atoms with van der Waals surface area (Å²) in [6, 6.07) is 10.8. The predicted octanol–water partition coefficient (Wildman–Crippen LogP) is 3.92. The highest BCUT2D eigenvalue weighted by molar-refractivity contribution is 7.17. The SMILES string of the molecule is CCOC(=O)c1sc(N(Cc2ccccc2)C(=O)COC(=O)c2ccoc2C)nc1C. The zero-order chi connectivity index (χ0) is 22.4. The normalized spacial score (nSPS) is 10.5. The fourth-order valence-electron chi connectivity index (χ4n) is 2.79. The Labute approximate surface area is 183 Å². The van der Waals surface area contributed by atoms with E-state index in [4.69, 9.17) is 13.9 Å². The molecule has 0 bridgehead atoms. The number of hydrogen-bond acceptors (Lipinski definition) is 8. The minimum Gasteiger partial charge on any atom is -0.469 e. The number of ether oxygens (including phenoxy) is 2. The predicted molar refractivity (Wildman–Crippen MR) is 114 cm³/mol. The molecule has 0 unspecified atom stereocenters. The van der Waals surface area contributed by atoms with Gasteiger partial charge in [-0.15, -0.1) is 0 Å². The Morgan fingerprint density at radius 2 is 1.81 bits per heavy atom. The third kappa shape index (κ3) is 5.37. The molecule has 31 heavy (non-hydrogen) atoms. The van der Waals surface area contributed by atoms with Crippen LogP contribution in [0.5, 0.6) is 0 Å². The highest BCUT2D eigenvalue weighted by Crippen LogP contribution is 2.28. The molecule has 8 nitrogen and oxygen atoms in total. The number of aryl methyl sites for hydroxylation is 2. The summed E-state index contributed by atoms with van der Waals surface area (Å²) in [5.41, 5.74) is 1.59. The van der Waals surface area contributed by atoms with Crippen LogP contribution < -0.4 is 4.90 Å². The topological polar surface area (TPSA) is 98.9 Å². The van der Waals surface area contributed by atoms with Gasteiger partial charge in [0.25, 0.3) is 5.91 Å². The van der Waals surface area contributed by atoms with E-state index in [1.165, 1.54) is 17.2 Å². The van der Waals surface area contributed by atoms with Gasteiger partial charge in [0.15, 0.2) is 11.7 Å². The highest BCUT2D eigenvalue weighted by Gasteiger charge is 2.25. The third-order valence-corrected chi connectivity index (χ3v) is 5.53. The largest absolute Gasteiger partial charge is 0.469 e. The van der Waals surface area contributed by atoms with Crippen molar-refractivity contribution in [2.45, 2.75) is 27.3 Å². The standard InChI is InChI=1S/C22H22N2O6S/c1-4-28-21(27)19-14(2)23-22(31-19)24(12-16-8-6-5-7-9-16)18(25)13-30-20(26)17-10-11-29-15(17)3/h5-11H,4,12-13H2,1-3H3. The van der Waals surface area contributed by atoms with Gasteiger partial charge in [-0.3, -0.25) is 9.69 Å². The number of furan rings is 1. The molecule has 0 aliphatic heterocycles. The number of hydrogen-bond donors (Lipinski definition) is 0. The lowest BCUT2D eigenvalue weighted by Gasteiger charge is -2.20. The van der Waals surface area contributed by atoms with Gasteiger partial charge in [0.05, 0.1) is 25.1 Å². The Morgan fingerprint density at radius 1 is 1.06 bits per heavy atom. The van der Waals surface area contributed by atoms with Gasteiger partial charge >= 0.3 is 11.9 Å². The van der Waals surface area contributed by atoms with E-state index in [9.17, 15) is 14.4 Å². The quantitative estimate of drug-likeness (QED) is 0.488. The second kappa shape index (κ2) is 10.0. The van der Waals surface area contributed by atoms with Gasteiger partial charge in [0.1, 0.15) is 16.2 Å². The summed E-state index contributed by atoms with van der Waals surface area (Å²) in [5, 5.41) is 0.324. The average molecular weight is 442 g/mol. The minimum absolute atomic E-state index is 0.206. The Balaban J connectivity index is 1.82. The minimum atomic E-state index is -0.651. The van der Waals surface area contributed by atoms with Gasteiger partial charge in [0.2, 0.25) is 0 Å². The van der Waals surface area contributed by atoms with Crippen LogP contribution in [0.15, 0.2) is 47.1 Å². The number of nitrogens with zero attached hydrogens (tertiary/aromatic N) is 2. The lowest BCUT2D eigenvalue weighted by atomic mass is 10.2. The zero-order valence-corrected chi connectivity index (χ0v) is 18.2. The van der Waals surface area contributed by atoms with Crippen molar-refractivity contribution in [3.8, 4) is 0 Å². The Bertz CT molecular complexity index is 1070. The summed E-state index contributed by atoms with van der Waals surface area (Å²) in [7, 11) is 0. The van der Waals surface area contributed by atoms with Crippen LogP contribution in [-0.4, -0.2) is 36.0 Å². The fraction of sp³-hybridized carbons (Fsp3) is 0.273. The van der Waals surface area contributed by atoms with Crippen LogP contribution in [0.3, 0.4) is 0 Å². The van der Waals surface area contributed by atoms with Gasteiger partial charge in [-0.05, 0) is 32.4 Å². The first-order chi connectivity index (χ1) is 14.9. The maximum absolute atomic E-state index is 13.0. The van der Waals surface area contributed by atoms with E-state index in [0.29, 0.717) is 21.5 Å². The first kappa shape index (κ1) is 22.2. The molecule has 3 rings (SSSR count). The number of carbonyl (C=O) groups is 3. The molecular weight excluding hydrogens is 420 g/mol. The number of anilines is 1. The molecule has 0 aliphatic rings. The van der Waals surface area contributed by atoms with Crippen LogP contribution in [0.2, 0.25) is 0 Å². The van der Waals surface area contributed by atoms with Crippen LogP contribution in [-0.2, 0) is 20.8 Å². The molecule has 1 aromatic carbocycles. The first-order valence-electron chi connectivity index (χ1n) is 9.60. The first-order valence-corrected chi connectivity index (χ1v) is 10.4. The molecule has 0 fully saturated rings. The molecule has 1 amide bonds. The van der Waals surface area contributed by atoms with E-state index < -0.39 is 24.5 Å². The third-order valence-electron chi connectivity index (χ3n) is 4.37. The van der Waals surface area contributed by atoms with Crippen molar-refractivity contribution >= 4 is 34.3 Å². The van der Waals surface area contributed by atoms with E-state index in [-0.39, 0.29) is 18.7 Å². The molecule has 9 heteroatoms.